The van der Waals surface area contributed by atoms with Gasteiger partial charge in [0.15, 0.2) is 12.2 Å². The third-order valence-electron chi connectivity index (χ3n) is 8.66. The average molecular weight is 742 g/mol. The van der Waals surface area contributed by atoms with Gasteiger partial charge in [0.05, 0.1) is 25.1 Å². The second-order valence-corrected chi connectivity index (χ2v) is 13.0. The molecule has 0 aliphatic heterocycles. The number of nitrogens with one attached hydrogen (secondary N) is 3. The summed E-state index contributed by atoms with van der Waals surface area (Å²) in [5.74, 6) is -3.10. The van der Waals surface area contributed by atoms with Gasteiger partial charge >= 0.3 is 12.1 Å². The minimum atomic E-state index is -2.26. The largest absolute Gasteiger partial charge is 0.452 e. The Kier molecular flexibility index (Phi) is 15.7. The predicted octanol–water partition coefficient (Wildman–Crippen LogP) is 3.08. The highest BCUT2D eigenvalue weighted by atomic mass is 16.6. The number of esters is 1. The zero-order chi connectivity index (χ0) is 39.0. The first-order chi connectivity index (χ1) is 26.0. The van der Waals surface area contributed by atoms with E-state index < -0.39 is 78.9 Å². The quantitative estimate of drug-likeness (QED) is 0.0743. The number of aliphatic hydroxyl groups excluding tert-OH is 4. The Balaban J connectivity index is 1.40. The Morgan fingerprint density at radius 2 is 1.13 bits per heavy atom. The minimum absolute atomic E-state index is 0.0442. The molecule has 0 aromatic heterocycles. The molecule has 13 heteroatoms. The van der Waals surface area contributed by atoms with Gasteiger partial charge < -0.3 is 45.9 Å². The first-order valence-electron chi connectivity index (χ1n) is 17.6. The third kappa shape index (κ3) is 12.0. The first-order valence-corrected chi connectivity index (χ1v) is 17.6. The highest BCUT2D eigenvalue weighted by Crippen LogP contribution is 2.28. The fourth-order valence-corrected chi connectivity index (χ4v) is 5.64. The van der Waals surface area contributed by atoms with E-state index in [0.29, 0.717) is 5.56 Å². The predicted molar refractivity (Wildman–Crippen MR) is 198 cm³/mol. The van der Waals surface area contributed by atoms with E-state index in [0.717, 1.165) is 16.7 Å². The summed E-state index contributed by atoms with van der Waals surface area (Å²) in [6.45, 7) is 2.36. The van der Waals surface area contributed by atoms with E-state index in [1.807, 2.05) is 66.7 Å². The van der Waals surface area contributed by atoms with Crippen molar-refractivity contribution in [3.05, 3.63) is 144 Å². The van der Waals surface area contributed by atoms with Gasteiger partial charge in [-0.15, -0.1) is 0 Å². The molecule has 286 valence electrons. The van der Waals surface area contributed by atoms with E-state index in [1.54, 1.807) is 68.4 Å². The van der Waals surface area contributed by atoms with Crippen LogP contribution >= 0.6 is 0 Å². The summed E-state index contributed by atoms with van der Waals surface area (Å²) in [5, 5.41) is 50.1. The summed E-state index contributed by atoms with van der Waals surface area (Å²) in [7, 11) is 0. The number of carbonyl (C=O) groups is 4. The first kappa shape index (κ1) is 41.2. The van der Waals surface area contributed by atoms with Crippen molar-refractivity contribution >= 4 is 23.9 Å². The van der Waals surface area contributed by atoms with Gasteiger partial charge in [0, 0.05) is 0 Å². The molecule has 0 saturated carbocycles. The minimum Gasteiger partial charge on any atom is -0.452 e. The lowest BCUT2D eigenvalue weighted by Crippen LogP contribution is -2.60. The zero-order valence-electron chi connectivity index (χ0n) is 30.0. The molecule has 0 radical (unpaired) electrons. The van der Waals surface area contributed by atoms with Gasteiger partial charge in [0.25, 0.3) is 5.91 Å². The van der Waals surface area contributed by atoms with Crippen LogP contribution in [0.3, 0.4) is 0 Å². The third-order valence-corrected chi connectivity index (χ3v) is 8.66. The molecule has 7 N–H and O–H groups in total. The van der Waals surface area contributed by atoms with Gasteiger partial charge in [0.1, 0.15) is 24.9 Å². The van der Waals surface area contributed by atoms with E-state index in [9.17, 15) is 39.6 Å². The lowest BCUT2D eigenvalue weighted by molar-refractivity contribution is -0.149. The van der Waals surface area contributed by atoms with Crippen LogP contribution in [0.4, 0.5) is 4.79 Å². The highest BCUT2D eigenvalue weighted by molar-refractivity contribution is 5.86. The number of amides is 3. The standard InChI is InChI=1S/C41H47N3O10/c1-26(2)34(44-41(52)53-25-27-15-7-3-8-16-27)39(50)43-32(24-45)35(47)36(48)37(49)40(51)42-31(28-17-9-4-10-18-28)23-33(46)54-38(29-19-11-5-12-20-29)30-21-13-6-14-22-30/h3-22,26,31-32,34-38,45,47-49H,23-25H2,1-2H3,(H,42,51)(H,43,50)(H,44,52)/t31-,32-,34-,35+,36+,37-/m0/s1. The molecule has 4 aromatic carbocycles. The van der Waals surface area contributed by atoms with Crippen molar-refractivity contribution in [2.75, 3.05) is 6.61 Å². The molecule has 0 aliphatic carbocycles. The maximum atomic E-state index is 13.5. The summed E-state index contributed by atoms with van der Waals surface area (Å²) in [5.41, 5.74) is 2.69. The van der Waals surface area contributed by atoms with Gasteiger partial charge in [-0.05, 0) is 28.2 Å². The van der Waals surface area contributed by atoms with E-state index in [-0.39, 0.29) is 13.0 Å². The molecular weight excluding hydrogens is 694 g/mol. The number of ether oxygens (including phenoxy) is 2. The monoisotopic (exact) mass is 741 g/mol. The van der Waals surface area contributed by atoms with E-state index in [4.69, 9.17) is 9.47 Å². The zero-order valence-corrected chi connectivity index (χ0v) is 30.0. The summed E-state index contributed by atoms with van der Waals surface area (Å²) in [6.07, 6.45) is -8.49. The van der Waals surface area contributed by atoms with Gasteiger partial charge in [-0.25, -0.2) is 4.79 Å². The Hall–Kier alpha value is -5.60. The molecule has 4 aromatic rings. The van der Waals surface area contributed by atoms with Crippen molar-refractivity contribution in [1.29, 1.82) is 0 Å². The van der Waals surface area contributed by atoms with Crippen LogP contribution in [0, 0.1) is 5.92 Å². The number of aliphatic hydroxyl groups is 4. The van der Waals surface area contributed by atoms with Crippen LogP contribution in [-0.4, -0.2) is 81.3 Å². The van der Waals surface area contributed by atoms with Crippen molar-refractivity contribution < 1.29 is 49.1 Å². The Morgan fingerprint density at radius 3 is 1.63 bits per heavy atom. The van der Waals surface area contributed by atoms with Crippen LogP contribution in [0.5, 0.6) is 0 Å². The van der Waals surface area contributed by atoms with Crippen LogP contribution in [0.25, 0.3) is 0 Å². The summed E-state index contributed by atoms with van der Waals surface area (Å²) < 4.78 is 11.1. The van der Waals surface area contributed by atoms with Gasteiger partial charge in [-0.1, -0.05) is 135 Å². The van der Waals surface area contributed by atoms with Crippen molar-refractivity contribution in [3.63, 3.8) is 0 Å². The van der Waals surface area contributed by atoms with Gasteiger partial charge in [-0.3, -0.25) is 14.4 Å². The molecule has 0 spiro atoms. The fourth-order valence-electron chi connectivity index (χ4n) is 5.64. The molecule has 0 fully saturated rings. The Morgan fingerprint density at radius 1 is 0.630 bits per heavy atom. The summed E-state index contributed by atoms with van der Waals surface area (Å²) in [6, 6.07) is 31.9. The van der Waals surface area contributed by atoms with E-state index in [2.05, 4.69) is 16.0 Å². The van der Waals surface area contributed by atoms with Crippen molar-refractivity contribution in [3.8, 4) is 0 Å². The van der Waals surface area contributed by atoms with Crippen LogP contribution in [0.1, 0.15) is 54.7 Å². The summed E-state index contributed by atoms with van der Waals surface area (Å²) >= 11 is 0. The molecule has 0 saturated heterocycles. The molecule has 0 heterocycles. The summed E-state index contributed by atoms with van der Waals surface area (Å²) in [4.78, 5) is 52.5. The fraction of sp³-hybridized carbons (Fsp3) is 0.317. The molecule has 6 atom stereocenters. The maximum absolute atomic E-state index is 13.5. The lowest BCUT2D eigenvalue weighted by atomic mass is 9.98. The maximum Gasteiger partial charge on any atom is 0.408 e. The van der Waals surface area contributed by atoms with Crippen LogP contribution in [0.15, 0.2) is 121 Å². The SMILES string of the molecule is CC(C)[C@H](NC(=O)OCc1ccccc1)C(=O)N[C@@H](CO)[C@@H](O)[C@@H](O)[C@H](O)C(=O)N[C@@H](CC(=O)OC(c1ccccc1)c1ccccc1)c1ccccc1. The average Bonchev–Trinajstić information content (AvgIpc) is 3.20. The number of hydrogen-bond donors (Lipinski definition) is 7. The number of alkyl carbamates (subject to hydrolysis) is 1. The number of hydrogen-bond acceptors (Lipinski definition) is 10. The van der Waals surface area contributed by atoms with Crippen LogP contribution in [0.2, 0.25) is 0 Å². The smallest absolute Gasteiger partial charge is 0.408 e. The normalized spacial score (nSPS) is 14.5. The molecule has 13 nitrogen and oxygen atoms in total. The molecule has 0 unspecified atom stereocenters. The van der Waals surface area contributed by atoms with Gasteiger partial charge in [-0.2, -0.15) is 0 Å². The van der Waals surface area contributed by atoms with Crippen LogP contribution in [-0.2, 0) is 30.5 Å². The van der Waals surface area contributed by atoms with E-state index >= 15 is 0 Å². The number of carbonyl (C=O) groups excluding carboxylic acids is 4. The second kappa shape index (κ2) is 20.6. The molecule has 0 bridgehead atoms. The molecule has 0 aliphatic rings. The second-order valence-electron chi connectivity index (χ2n) is 13.0. The van der Waals surface area contributed by atoms with Gasteiger partial charge in [0.2, 0.25) is 5.91 Å². The molecule has 4 rings (SSSR count). The van der Waals surface area contributed by atoms with Crippen molar-refractivity contribution in [1.82, 2.24) is 16.0 Å². The van der Waals surface area contributed by atoms with E-state index in [1.165, 1.54) is 0 Å². The molecule has 3 amide bonds. The Bertz CT molecular complexity index is 1720. The number of rotatable bonds is 18. The lowest BCUT2D eigenvalue weighted by Gasteiger charge is -2.31. The Labute approximate surface area is 314 Å². The molecule has 54 heavy (non-hydrogen) atoms. The number of benzene rings is 4. The van der Waals surface area contributed by atoms with Crippen molar-refractivity contribution in [2.24, 2.45) is 5.92 Å². The highest BCUT2D eigenvalue weighted by Gasteiger charge is 2.38. The van der Waals surface area contributed by atoms with Crippen molar-refractivity contribution in [2.45, 2.75) is 69.4 Å². The van der Waals surface area contributed by atoms with Crippen LogP contribution < -0.4 is 16.0 Å². The topological polar surface area (TPSA) is 204 Å². The molecular formula is C41H47N3O10.